The van der Waals surface area contributed by atoms with Crippen LogP contribution in [0.2, 0.25) is 0 Å². The zero-order chi connectivity index (χ0) is 20.4. The van der Waals surface area contributed by atoms with Crippen LogP contribution in [0.3, 0.4) is 0 Å². The van der Waals surface area contributed by atoms with Gasteiger partial charge < -0.3 is 24.8 Å². The van der Waals surface area contributed by atoms with Gasteiger partial charge in [0.15, 0.2) is 5.76 Å². The Morgan fingerprint density at radius 2 is 1.72 bits per heavy atom. The molecule has 0 saturated carbocycles. The van der Waals surface area contributed by atoms with E-state index in [1.807, 2.05) is 10.8 Å². The van der Waals surface area contributed by atoms with Gasteiger partial charge in [-0.25, -0.2) is 4.98 Å². The van der Waals surface area contributed by atoms with Crippen LogP contribution in [0.1, 0.15) is 23.6 Å². The summed E-state index contributed by atoms with van der Waals surface area (Å²) in [6.07, 6.45) is 5.91. The van der Waals surface area contributed by atoms with Crippen molar-refractivity contribution in [1.82, 2.24) is 14.5 Å². The van der Waals surface area contributed by atoms with Crippen molar-refractivity contribution in [2.75, 3.05) is 6.54 Å². The van der Waals surface area contributed by atoms with Crippen LogP contribution in [-0.2, 0) is 11.3 Å². The van der Waals surface area contributed by atoms with E-state index in [2.05, 4.69) is 4.98 Å². The number of carbonyl (C=O) groups excluding carboxylic acids is 1. The number of aliphatic hydroxyl groups excluding tert-OH is 1. The highest BCUT2D eigenvalue weighted by molar-refractivity contribution is 6.05. The molecule has 148 valence electrons. The highest BCUT2D eigenvalue weighted by atomic mass is 16.3. The van der Waals surface area contributed by atoms with Crippen LogP contribution < -0.4 is 0 Å². The Morgan fingerprint density at radius 1 is 0.966 bits per heavy atom. The van der Waals surface area contributed by atoms with Crippen molar-refractivity contribution in [1.29, 1.82) is 0 Å². The number of aromatic nitrogens is 2. The molecule has 2 aromatic carbocycles. The van der Waals surface area contributed by atoms with E-state index in [-0.39, 0.29) is 17.3 Å². The van der Waals surface area contributed by atoms with Gasteiger partial charge in [0.05, 0.1) is 12.4 Å². The molecule has 1 aliphatic heterocycles. The minimum Gasteiger partial charge on any atom is -0.508 e. The number of para-hydroxylation sites is 1. The molecular formula is C22H21N3O4. The first-order valence-electron chi connectivity index (χ1n) is 9.33. The van der Waals surface area contributed by atoms with Crippen LogP contribution in [0.4, 0.5) is 0 Å². The number of aliphatic hydroxyl groups is 1. The number of carbonyl (C=O) groups is 1. The van der Waals surface area contributed by atoms with Gasteiger partial charge in [-0.05, 0) is 30.2 Å². The molecule has 0 fully saturated rings. The van der Waals surface area contributed by atoms with E-state index in [0.717, 1.165) is 0 Å². The van der Waals surface area contributed by atoms with Crippen LogP contribution >= 0.6 is 0 Å². The Balaban J connectivity index is 1.70. The van der Waals surface area contributed by atoms with Crippen LogP contribution in [0.15, 0.2) is 73.0 Å². The lowest BCUT2D eigenvalue weighted by molar-refractivity contribution is -0.129. The third-order valence-corrected chi connectivity index (χ3v) is 5.09. The second kappa shape index (κ2) is 7.71. The predicted octanol–water partition coefficient (Wildman–Crippen LogP) is 3.24. The van der Waals surface area contributed by atoms with Crippen molar-refractivity contribution in [3.05, 3.63) is 84.1 Å². The maximum Gasteiger partial charge on any atom is 0.289 e. The molecule has 1 aromatic heterocycles. The smallest absolute Gasteiger partial charge is 0.289 e. The first-order valence-corrected chi connectivity index (χ1v) is 9.33. The molecule has 1 amide bonds. The Labute approximate surface area is 167 Å². The lowest BCUT2D eigenvalue weighted by Gasteiger charge is -2.28. The summed E-state index contributed by atoms with van der Waals surface area (Å²) in [6, 6.07) is 12.5. The van der Waals surface area contributed by atoms with E-state index in [0.29, 0.717) is 36.2 Å². The second-order valence-electron chi connectivity index (χ2n) is 6.92. The maximum atomic E-state index is 12.9. The van der Waals surface area contributed by atoms with E-state index < -0.39 is 11.9 Å². The fourth-order valence-corrected chi connectivity index (χ4v) is 3.70. The molecule has 1 unspecified atom stereocenters. The molecule has 0 saturated heterocycles. The van der Waals surface area contributed by atoms with Crippen molar-refractivity contribution in [2.45, 2.75) is 19.0 Å². The van der Waals surface area contributed by atoms with Crippen molar-refractivity contribution in [2.24, 2.45) is 0 Å². The minimum absolute atomic E-state index is 0.0517. The zero-order valence-corrected chi connectivity index (χ0v) is 15.6. The standard InChI is InChI=1S/C22H21N3O4/c26-16-8-6-15(7-9-16)19-20(17-4-1-2-5-18(17)27)25(22(29)21(19)28)12-3-11-24-13-10-23-14-24/h1-2,4-10,13-14,20,26-28H,3,11-12H2. The number of phenols is 2. The molecule has 2 heterocycles. The predicted molar refractivity (Wildman–Crippen MR) is 107 cm³/mol. The maximum absolute atomic E-state index is 12.9. The Hall–Kier alpha value is -3.74. The molecule has 0 spiro atoms. The summed E-state index contributed by atoms with van der Waals surface area (Å²) in [5.41, 5.74) is 1.56. The van der Waals surface area contributed by atoms with Gasteiger partial charge in [0.2, 0.25) is 0 Å². The van der Waals surface area contributed by atoms with Gasteiger partial charge in [-0.2, -0.15) is 0 Å². The lowest BCUT2D eigenvalue weighted by Crippen LogP contribution is -2.31. The molecule has 0 aliphatic carbocycles. The number of phenolic OH excluding ortho intramolecular Hbond substituents is 2. The summed E-state index contributed by atoms with van der Waals surface area (Å²) in [4.78, 5) is 18.5. The number of rotatable bonds is 6. The number of nitrogens with zero attached hydrogens (tertiary/aromatic N) is 3. The molecule has 3 aromatic rings. The van der Waals surface area contributed by atoms with Crippen molar-refractivity contribution >= 4 is 11.5 Å². The highest BCUT2D eigenvalue weighted by Crippen LogP contribution is 2.45. The Bertz CT molecular complexity index is 1040. The van der Waals surface area contributed by atoms with E-state index in [1.165, 1.54) is 12.1 Å². The molecule has 0 radical (unpaired) electrons. The average molecular weight is 391 g/mol. The average Bonchev–Trinajstić information content (AvgIpc) is 3.32. The number of aromatic hydroxyl groups is 2. The fourth-order valence-electron chi connectivity index (χ4n) is 3.70. The number of imidazole rings is 1. The van der Waals surface area contributed by atoms with Gasteiger partial charge in [0.25, 0.3) is 5.91 Å². The quantitative estimate of drug-likeness (QED) is 0.599. The lowest BCUT2D eigenvalue weighted by atomic mass is 9.93. The number of hydrogen-bond donors (Lipinski definition) is 3. The monoisotopic (exact) mass is 391 g/mol. The molecule has 7 nitrogen and oxygen atoms in total. The van der Waals surface area contributed by atoms with Crippen molar-refractivity contribution in [3.63, 3.8) is 0 Å². The van der Waals surface area contributed by atoms with Crippen molar-refractivity contribution < 1.29 is 20.1 Å². The van der Waals surface area contributed by atoms with Gasteiger partial charge >= 0.3 is 0 Å². The number of aryl methyl sites for hydroxylation is 1. The van der Waals surface area contributed by atoms with Gasteiger partial charge in [0.1, 0.15) is 11.5 Å². The van der Waals surface area contributed by atoms with Gasteiger partial charge in [-0.1, -0.05) is 30.3 Å². The molecule has 1 aliphatic rings. The molecule has 3 N–H and O–H groups in total. The van der Waals surface area contributed by atoms with Gasteiger partial charge in [-0.3, -0.25) is 4.79 Å². The van der Waals surface area contributed by atoms with Crippen LogP contribution in [0.5, 0.6) is 11.5 Å². The van der Waals surface area contributed by atoms with Crippen molar-refractivity contribution in [3.8, 4) is 11.5 Å². The van der Waals surface area contributed by atoms with E-state index in [1.54, 1.807) is 53.8 Å². The summed E-state index contributed by atoms with van der Waals surface area (Å²) < 4.78 is 1.92. The molecule has 7 heteroatoms. The first-order chi connectivity index (χ1) is 14.1. The largest absolute Gasteiger partial charge is 0.508 e. The summed E-state index contributed by atoms with van der Waals surface area (Å²) >= 11 is 0. The summed E-state index contributed by atoms with van der Waals surface area (Å²) in [5.74, 6) is -0.677. The van der Waals surface area contributed by atoms with E-state index in [9.17, 15) is 20.1 Å². The number of hydrogen-bond acceptors (Lipinski definition) is 5. The zero-order valence-electron chi connectivity index (χ0n) is 15.6. The second-order valence-corrected chi connectivity index (χ2v) is 6.92. The third kappa shape index (κ3) is 3.54. The Kier molecular flexibility index (Phi) is 4.95. The number of amides is 1. The first kappa shape index (κ1) is 18.6. The topological polar surface area (TPSA) is 98.8 Å². The molecule has 4 rings (SSSR count). The molecule has 1 atom stereocenters. The third-order valence-electron chi connectivity index (χ3n) is 5.09. The minimum atomic E-state index is -0.629. The fraction of sp³-hybridized carbons (Fsp3) is 0.182. The van der Waals surface area contributed by atoms with Crippen LogP contribution in [0.25, 0.3) is 5.57 Å². The summed E-state index contributed by atoms with van der Waals surface area (Å²) in [6.45, 7) is 1.06. The van der Waals surface area contributed by atoms with E-state index >= 15 is 0 Å². The molecule has 29 heavy (non-hydrogen) atoms. The summed E-state index contributed by atoms with van der Waals surface area (Å²) in [7, 11) is 0. The molecular weight excluding hydrogens is 370 g/mol. The van der Waals surface area contributed by atoms with E-state index in [4.69, 9.17) is 0 Å². The highest BCUT2D eigenvalue weighted by Gasteiger charge is 2.41. The molecule has 0 bridgehead atoms. The van der Waals surface area contributed by atoms with Gasteiger partial charge in [0, 0.05) is 36.6 Å². The summed E-state index contributed by atoms with van der Waals surface area (Å²) in [5, 5.41) is 30.7. The normalized spacial score (nSPS) is 16.6. The Morgan fingerprint density at radius 3 is 2.41 bits per heavy atom. The SMILES string of the molecule is O=C1C(O)=C(c2ccc(O)cc2)C(c2ccccc2O)N1CCCn1ccnc1. The van der Waals surface area contributed by atoms with Gasteiger partial charge in [-0.15, -0.1) is 0 Å². The number of benzene rings is 2. The van der Waals surface area contributed by atoms with Crippen LogP contribution in [0, 0.1) is 0 Å². The van der Waals surface area contributed by atoms with Crippen LogP contribution in [-0.4, -0.2) is 42.2 Å².